The Kier molecular flexibility index (Phi) is 10.0. The van der Waals surface area contributed by atoms with Gasteiger partial charge in [-0.1, -0.05) is 68.1 Å². The second kappa shape index (κ2) is 12.8. The summed E-state index contributed by atoms with van der Waals surface area (Å²) >= 11 is 6.42. The molecule has 37 heavy (non-hydrogen) atoms. The smallest absolute Gasteiger partial charge is 0.244 e. The molecule has 1 aliphatic carbocycles. The standard InChI is InChI=1S/C28H38ClN3O4S/c1-5-25(28(34)30-23-14-7-6-8-15-23)31(18-22-13-9-10-16-24(22)29)27(33)19-32(37(4,35)36)26-17-11-12-20(2)21(26)3/h9-13,16-17,23,25H,5-8,14-15,18-19H2,1-4H3,(H,30,34)/t25-/m1/s1. The van der Waals surface area contributed by atoms with Gasteiger partial charge in [0.15, 0.2) is 0 Å². The first kappa shape index (κ1) is 29.0. The van der Waals surface area contributed by atoms with E-state index in [9.17, 15) is 18.0 Å². The Balaban J connectivity index is 1.95. The SMILES string of the molecule is CC[C@H](C(=O)NC1CCCCC1)N(Cc1ccccc1Cl)C(=O)CN(c1cccc(C)c1C)S(C)(=O)=O. The van der Waals surface area contributed by atoms with Gasteiger partial charge in [-0.3, -0.25) is 13.9 Å². The number of hydrogen-bond donors (Lipinski definition) is 1. The van der Waals surface area contributed by atoms with Gasteiger partial charge in [0.2, 0.25) is 21.8 Å². The van der Waals surface area contributed by atoms with Crippen molar-refractivity contribution in [3.05, 3.63) is 64.2 Å². The molecule has 2 aromatic rings. The molecule has 202 valence electrons. The first-order valence-corrected chi connectivity index (χ1v) is 15.1. The third-order valence-corrected chi connectivity index (χ3v) is 8.66. The number of hydrogen-bond acceptors (Lipinski definition) is 4. The van der Waals surface area contributed by atoms with Crippen LogP contribution in [0.5, 0.6) is 0 Å². The summed E-state index contributed by atoms with van der Waals surface area (Å²) in [6.45, 7) is 5.27. The lowest BCUT2D eigenvalue weighted by Gasteiger charge is -2.34. The van der Waals surface area contributed by atoms with E-state index in [2.05, 4.69) is 5.32 Å². The zero-order chi connectivity index (χ0) is 27.2. The predicted molar refractivity (Wildman–Crippen MR) is 149 cm³/mol. The van der Waals surface area contributed by atoms with Gasteiger partial charge in [0, 0.05) is 17.6 Å². The molecule has 1 atom stereocenters. The predicted octanol–water partition coefficient (Wildman–Crippen LogP) is 4.98. The molecule has 7 nitrogen and oxygen atoms in total. The Morgan fingerprint density at radius 3 is 2.35 bits per heavy atom. The lowest BCUT2D eigenvalue weighted by molar-refractivity contribution is -0.140. The van der Waals surface area contributed by atoms with Crippen LogP contribution in [-0.2, 0) is 26.2 Å². The maximum atomic E-state index is 13.9. The summed E-state index contributed by atoms with van der Waals surface area (Å²) in [6, 6.07) is 11.9. The van der Waals surface area contributed by atoms with Gasteiger partial charge in [0.25, 0.3) is 0 Å². The summed E-state index contributed by atoms with van der Waals surface area (Å²) in [6.07, 6.45) is 6.64. The average Bonchev–Trinajstić information content (AvgIpc) is 2.85. The van der Waals surface area contributed by atoms with Crippen molar-refractivity contribution in [3.8, 4) is 0 Å². The highest BCUT2D eigenvalue weighted by molar-refractivity contribution is 7.92. The normalized spacial score (nSPS) is 15.2. The minimum atomic E-state index is -3.78. The molecular weight excluding hydrogens is 510 g/mol. The summed E-state index contributed by atoms with van der Waals surface area (Å²) in [5.74, 6) is -0.677. The minimum Gasteiger partial charge on any atom is -0.352 e. The highest BCUT2D eigenvalue weighted by atomic mass is 35.5. The fourth-order valence-electron chi connectivity index (χ4n) is 4.87. The summed E-state index contributed by atoms with van der Waals surface area (Å²) < 4.78 is 26.8. The van der Waals surface area contributed by atoms with Gasteiger partial charge < -0.3 is 10.2 Å². The molecule has 1 aliphatic rings. The number of rotatable bonds is 10. The monoisotopic (exact) mass is 547 g/mol. The zero-order valence-corrected chi connectivity index (χ0v) is 23.7. The van der Waals surface area contributed by atoms with Crippen LogP contribution in [-0.4, -0.2) is 50.0 Å². The number of nitrogens with one attached hydrogen (secondary N) is 1. The van der Waals surface area contributed by atoms with Crippen LogP contribution in [0.3, 0.4) is 0 Å². The van der Waals surface area contributed by atoms with E-state index in [0.29, 0.717) is 22.7 Å². The quantitative estimate of drug-likeness (QED) is 0.454. The average molecular weight is 548 g/mol. The van der Waals surface area contributed by atoms with Crippen LogP contribution in [0.4, 0.5) is 5.69 Å². The Morgan fingerprint density at radius 2 is 1.73 bits per heavy atom. The fourth-order valence-corrected chi connectivity index (χ4v) is 5.97. The minimum absolute atomic E-state index is 0.0926. The molecule has 0 radical (unpaired) electrons. The zero-order valence-electron chi connectivity index (χ0n) is 22.2. The number of carbonyl (C=O) groups is 2. The highest BCUT2D eigenvalue weighted by Crippen LogP contribution is 2.26. The largest absolute Gasteiger partial charge is 0.352 e. The second-order valence-electron chi connectivity index (χ2n) is 9.87. The molecule has 3 rings (SSSR count). The van der Waals surface area contributed by atoms with E-state index in [-0.39, 0.29) is 18.5 Å². The molecule has 0 aromatic heterocycles. The molecule has 2 amide bonds. The summed E-state index contributed by atoms with van der Waals surface area (Å²) in [7, 11) is -3.78. The van der Waals surface area contributed by atoms with Crippen LogP contribution in [0, 0.1) is 13.8 Å². The number of carbonyl (C=O) groups excluding carboxylic acids is 2. The van der Waals surface area contributed by atoms with Crippen molar-refractivity contribution in [3.63, 3.8) is 0 Å². The van der Waals surface area contributed by atoms with Gasteiger partial charge in [0.1, 0.15) is 12.6 Å². The van der Waals surface area contributed by atoms with Crippen molar-refractivity contribution in [2.75, 3.05) is 17.1 Å². The van der Waals surface area contributed by atoms with Gasteiger partial charge in [-0.25, -0.2) is 8.42 Å². The van der Waals surface area contributed by atoms with Gasteiger partial charge in [-0.05, 0) is 61.9 Å². The fraction of sp³-hybridized carbons (Fsp3) is 0.500. The van der Waals surface area contributed by atoms with E-state index in [1.54, 1.807) is 24.3 Å². The van der Waals surface area contributed by atoms with Crippen LogP contribution in [0.15, 0.2) is 42.5 Å². The van der Waals surface area contributed by atoms with Crippen molar-refractivity contribution in [1.82, 2.24) is 10.2 Å². The van der Waals surface area contributed by atoms with Gasteiger partial charge in [-0.2, -0.15) is 0 Å². The summed E-state index contributed by atoms with van der Waals surface area (Å²) in [5.41, 5.74) is 2.85. The molecular formula is C28H38ClN3O4S. The number of amides is 2. The van der Waals surface area contributed by atoms with E-state index >= 15 is 0 Å². The third-order valence-electron chi connectivity index (χ3n) is 7.16. The molecule has 9 heteroatoms. The first-order valence-electron chi connectivity index (χ1n) is 12.9. The molecule has 0 saturated heterocycles. The lowest BCUT2D eigenvalue weighted by atomic mass is 9.95. The van der Waals surface area contributed by atoms with Gasteiger partial charge in [0.05, 0.1) is 11.9 Å². The molecule has 0 bridgehead atoms. The number of sulfonamides is 1. The van der Waals surface area contributed by atoms with Crippen LogP contribution in [0.25, 0.3) is 0 Å². The Morgan fingerprint density at radius 1 is 1.05 bits per heavy atom. The molecule has 1 saturated carbocycles. The van der Waals surface area contributed by atoms with E-state index in [4.69, 9.17) is 11.6 Å². The van der Waals surface area contributed by atoms with E-state index in [1.165, 1.54) is 11.3 Å². The van der Waals surface area contributed by atoms with Crippen molar-refractivity contribution in [1.29, 1.82) is 0 Å². The van der Waals surface area contributed by atoms with Gasteiger partial charge >= 0.3 is 0 Å². The Hall–Kier alpha value is -2.58. The molecule has 0 heterocycles. The summed E-state index contributed by atoms with van der Waals surface area (Å²) in [5, 5.41) is 3.62. The topological polar surface area (TPSA) is 86.8 Å². The van der Waals surface area contributed by atoms with E-state index in [1.807, 2.05) is 39.0 Å². The van der Waals surface area contributed by atoms with Crippen LogP contribution in [0.2, 0.25) is 5.02 Å². The number of aryl methyl sites for hydroxylation is 1. The van der Waals surface area contributed by atoms with Crippen LogP contribution in [0.1, 0.15) is 62.1 Å². The maximum absolute atomic E-state index is 13.9. The third kappa shape index (κ3) is 7.48. The van der Waals surface area contributed by atoms with Crippen molar-refractivity contribution in [2.24, 2.45) is 0 Å². The van der Waals surface area contributed by atoms with Crippen molar-refractivity contribution >= 4 is 39.1 Å². The Labute approximate surface area is 226 Å². The maximum Gasteiger partial charge on any atom is 0.244 e. The molecule has 0 unspecified atom stereocenters. The lowest BCUT2D eigenvalue weighted by Crippen LogP contribution is -2.54. The molecule has 0 spiro atoms. The highest BCUT2D eigenvalue weighted by Gasteiger charge is 2.33. The van der Waals surface area contributed by atoms with E-state index < -0.39 is 28.5 Å². The number of anilines is 1. The van der Waals surface area contributed by atoms with Crippen LogP contribution >= 0.6 is 11.6 Å². The number of nitrogens with zero attached hydrogens (tertiary/aromatic N) is 2. The van der Waals surface area contributed by atoms with Crippen LogP contribution < -0.4 is 9.62 Å². The van der Waals surface area contributed by atoms with Crippen molar-refractivity contribution < 1.29 is 18.0 Å². The Bertz CT molecular complexity index is 1210. The molecule has 1 N–H and O–H groups in total. The number of benzene rings is 2. The molecule has 2 aromatic carbocycles. The second-order valence-corrected chi connectivity index (χ2v) is 12.2. The van der Waals surface area contributed by atoms with Crippen molar-refractivity contribution in [2.45, 2.75) is 77.9 Å². The number of halogens is 1. The summed E-state index contributed by atoms with van der Waals surface area (Å²) in [4.78, 5) is 28.8. The van der Waals surface area contributed by atoms with E-state index in [0.717, 1.165) is 47.4 Å². The molecule has 0 aliphatic heterocycles. The molecule has 1 fully saturated rings. The first-order chi connectivity index (χ1) is 17.5. The van der Waals surface area contributed by atoms with Gasteiger partial charge in [-0.15, -0.1) is 0 Å².